The molecular formula is C22H21BrN8O. The summed E-state index contributed by atoms with van der Waals surface area (Å²) in [5, 5.41) is 4.45. The largest absolute Gasteiger partial charge is 0.383 e. The number of primary amides is 1. The lowest BCUT2D eigenvalue weighted by atomic mass is 9.93. The SMILES string of the molecule is NC(=O)N1CCC(c2nc3c(-c4ccc(-c5cccnc5)nc4)cnn3c(N)c2Br)CC1. The van der Waals surface area contributed by atoms with Crippen LogP contribution in [0.4, 0.5) is 10.6 Å². The third-order valence-electron chi connectivity index (χ3n) is 5.87. The normalized spacial score (nSPS) is 14.7. The summed E-state index contributed by atoms with van der Waals surface area (Å²) in [5.41, 5.74) is 16.9. The van der Waals surface area contributed by atoms with Crippen molar-refractivity contribution in [2.45, 2.75) is 18.8 Å². The topological polar surface area (TPSA) is 128 Å². The number of carbonyl (C=O) groups is 1. The molecule has 1 saturated heterocycles. The molecule has 0 bridgehead atoms. The molecule has 5 heterocycles. The summed E-state index contributed by atoms with van der Waals surface area (Å²) < 4.78 is 2.37. The molecule has 0 aliphatic carbocycles. The Morgan fingerprint density at radius 2 is 1.91 bits per heavy atom. The van der Waals surface area contributed by atoms with Crippen LogP contribution in [0, 0.1) is 0 Å². The number of pyridine rings is 2. The highest BCUT2D eigenvalue weighted by Crippen LogP contribution is 2.37. The molecule has 0 unspecified atom stereocenters. The Morgan fingerprint density at radius 1 is 1.09 bits per heavy atom. The molecule has 5 rings (SSSR count). The Hall–Kier alpha value is -3.53. The van der Waals surface area contributed by atoms with Gasteiger partial charge in [-0.3, -0.25) is 9.97 Å². The predicted molar refractivity (Wildman–Crippen MR) is 125 cm³/mol. The molecule has 2 amide bonds. The molecule has 4 aromatic rings. The number of hydrogen-bond acceptors (Lipinski definition) is 6. The number of fused-ring (bicyclic) bond motifs is 1. The van der Waals surface area contributed by atoms with Crippen molar-refractivity contribution in [2.75, 3.05) is 18.8 Å². The predicted octanol–water partition coefficient (Wildman–Crippen LogP) is 3.46. The van der Waals surface area contributed by atoms with Crippen LogP contribution >= 0.6 is 15.9 Å². The molecular weight excluding hydrogens is 472 g/mol. The van der Waals surface area contributed by atoms with Crippen LogP contribution in [-0.2, 0) is 0 Å². The summed E-state index contributed by atoms with van der Waals surface area (Å²) in [5.74, 6) is 0.662. The fourth-order valence-corrected chi connectivity index (χ4v) is 4.68. The molecule has 1 aliphatic rings. The number of hydrogen-bond donors (Lipinski definition) is 2. The zero-order chi connectivity index (χ0) is 22.2. The van der Waals surface area contributed by atoms with Gasteiger partial charge in [0, 0.05) is 54.3 Å². The zero-order valence-corrected chi connectivity index (χ0v) is 18.7. The second kappa shape index (κ2) is 8.19. The second-order valence-electron chi connectivity index (χ2n) is 7.76. The highest BCUT2D eigenvalue weighted by atomic mass is 79.9. The molecule has 10 heteroatoms. The van der Waals surface area contributed by atoms with Gasteiger partial charge in [-0.2, -0.15) is 9.61 Å². The zero-order valence-electron chi connectivity index (χ0n) is 17.1. The van der Waals surface area contributed by atoms with Crippen molar-refractivity contribution in [3.63, 3.8) is 0 Å². The molecule has 1 aliphatic heterocycles. The van der Waals surface area contributed by atoms with E-state index in [1.165, 1.54) is 0 Å². The Bertz CT molecular complexity index is 1280. The molecule has 0 atom stereocenters. The van der Waals surface area contributed by atoms with Crippen LogP contribution in [0.5, 0.6) is 0 Å². The molecule has 162 valence electrons. The smallest absolute Gasteiger partial charge is 0.314 e. The van der Waals surface area contributed by atoms with Gasteiger partial charge in [0.15, 0.2) is 5.65 Å². The third-order valence-corrected chi connectivity index (χ3v) is 6.69. The van der Waals surface area contributed by atoms with Gasteiger partial charge in [-0.25, -0.2) is 9.78 Å². The highest BCUT2D eigenvalue weighted by Gasteiger charge is 2.27. The van der Waals surface area contributed by atoms with Crippen LogP contribution in [0.25, 0.3) is 28.0 Å². The van der Waals surface area contributed by atoms with Gasteiger partial charge in [-0.15, -0.1) is 0 Å². The van der Waals surface area contributed by atoms with E-state index in [9.17, 15) is 4.79 Å². The molecule has 0 spiro atoms. The van der Waals surface area contributed by atoms with E-state index in [1.807, 2.05) is 30.5 Å². The molecule has 1 fully saturated rings. The highest BCUT2D eigenvalue weighted by molar-refractivity contribution is 9.10. The Kier molecular flexibility index (Phi) is 5.22. The van der Waals surface area contributed by atoms with Crippen LogP contribution in [0.15, 0.2) is 53.5 Å². The number of rotatable bonds is 3. The standard InChI is InChI=1S/C22H21BrN8O/c23-18-19(13-5-8-30(9-6-13)22(25)32)29-21-16(12-28-31(21)20(18)24)14-3-4-17(27-11-14)15-2-1-7-26-10-15/h1-4,7,10-13H,5-6,8-9,24H2,(H2,25,32). The Labute approximate surface area is 192 Å². The van der Waals surface area contributed by atoms with E-state index in [4.69, 9.17) is 16.5 Å². The quantitative estimate of drug-likeness (QED) is 0.450. The maximum absolute atomic E-state index is 11.5. The van der Waals surface area contributed by atoms with E-state index in [1.54, 1.807) is 28.0 Å². The van der Waals surface area contributed by atoms with Gasteiger partial charge in [-0.1, -0.05) is 6.07 Å². The molecule has 4 N–H and O–H groups in total. The molecule has 32 heavy (non-hydrogen) atoms. The summed E-state index contributed by atoms with van der Waals surface area (Å²) >= 11 is 3.61. The van der Waals surface area contributed by atoms with Crippen molar-refractivity contribution >= 4 is 33.4 Å². The van der Waals surface area contributed by atoms with E-state index < -0.39 is 0 Å². The lowest BCUT2D eigenvalue weighted by Crippen LogP contribution is -2.41. The minimum atomic E-state index is -0.384. The van der Waals surface area contributed by atoms with E-state index >= 15 is 0 Å². The van der Waals surface area contributed by atoms with E-state index in [0.29, 0.717) is 24.6 Å². The van der Waals surface area contributed by atoms with Crippen molar-refractivity contribution < 1.29 is 4.79 Å². The van der Waals surface area contributed by atoms with Gasteiger partial charge in [0.05, 0.1) is 22.1 Å². The monoisotopic (exact) mass is 492 g/mol. The second-order valence-corrected chi connectivity index (χ2v) is 8.56. The Balaban J connectivity index is 1.51. The fourth-order valence-electron chi connectivity index (χ4n) is 4.10. The summed E-state index contributed by atoms with van der Waals surface area (Å²) in [6, 6.07) is 7.43. The van der Waals surface area contributed by atoms with Crippen molar-refractivity contribution in [1.82, 2.24) is 29.5 Å². The average Bonchev–Trinajstić information content (AvgIpc) is 3.26. The van der Waals surface area contributed by atoms with Crippen LogP contribution < -0.4 is 11.5 Å². The molecule has 4 aromatic heterocycles. The van der Waals surface area contributed by atoms with Gasteiger partial charge in [0.25, 0.3) is 0 Å². The number of anilines is 1. The lowest BCUT2D eigenvalue weighted by molar-refractivity contribution is 0.190. The number of urea groups is 1. The summed E-state index contributed by atoms with van der Waals surface area (Å²) in [7, 11) is 0. The van der Waals surface area contributed by atoms with Crippen LogP contribution in [0.2, 0.25) is 0 Å². The van der Waals surface area contributed by atoms with Crippen molar-refractivity contribution in [3.05, 3.63) is 59.2 Å². The van der Waals surface area contributed by atoms with Crippen LogP contribution in [-0.4, -0.2) is 48.6 Å². The maximum Gasteiger partial charge on any atom is 0.314 e. The van der Waals surface area contributed by atoms with Crippen LogP contribution in [0.3, 0.4) is 0 Å². The lowest BCUT2D eigenvalue weighted by Gasteiger charge is -2.31. The summed E-state index contributed by atoms with van der Waals surface area (Å²) in [4.78, 5) is 26.8. The average molecular weight is 493 g/mol. The first kappa shape index (κ1) is 20.4. The first-order valence-electron chi connectivity index (χ1n) is 10.3. The molecule has 0 aromatic carbocycles. The number of aromatic nitrogens is 5. The van der Waals surface area contributed by atoms with Crippen molar-refractivity contribution in [1.29, 1.82) is 0 Å². The first-order valence-corrected chi connectivity index (χ1v) is 11.1. The van der Waals surface area contributed by atoms with Crippen molar-refractivity contribution in [3.8, 4) is 22.4 Å². The minimum Gasteiger partial charge on any atom is -0.383 e. The van der Waals surface area contributed by atoms with Gasteiger partial charge in [0.1, 0.15) is 5.82 Å². The summed E-state index contributed by atoms with van der Waals surface area (Å²) in [6.45, 7) is 1.20. The first-order chi connectivity index (χ1) is 15.5. The Morgan fingerprint density at radius 3 is 2.56 bits per heavy atom. The fraction of sp³-hybridized carbons (Fsp3) is 0.227. The molecule has 0 radical (unpaired) electrons. The molecule has 9 nitrogen and oxygen atoms in total. The van der Waals surface area contributed by atoms with Crippen molar-refractivity contribution in [2.24, 2.45) is 5.73 Å². The number of amides is 2. The van der Waals surface area contributed by atoms with Gasteiger partial charge < -0.3 is 16.4 Å². The van der Waals surface area contributed by atoms with E-state index in [-0.39, 0.29) is 11.9 Å². The summed E-state index contributed by atoms with van der Waals surface area (Å²) in [6.07, 6.45) is 8.63. The van der Waals surface area contributed by atoms with Gasteiger partial charge >= 0.3 is 6.03 Å². The number of halogens is 1. The molecule has 0 saturated carbocycles. The van der Waals surface area contributed by atoms with Gasteiger partial charge in [0.2, 0.25) is 0 Å². The number of nitrogens with zero attached hydrogens (tertiary/aromatic N) is 6. The number of carbonyl (C=O) groups excluding carboxylic acids is 1. The number of likely N-dealkylation sites (tertiary alicyclic amines) is 1. The van der Waals surface area contributed by atoms with Crippen LogP contribution in [0.1, 0.15) is 24.5 Å². The van der Waals surface area contributed by atoms with Gasteiger partial charge in [-0.05, 0) is 47.0 Å². The van der Waals surface area contributed by atoms with E-state index in [0.717, 1.165) is 45.4 Å². The minimum absolute atomic E-state index is 0.168. The number of nitrogen functional groups attached to an aromatic ring is 1. The number of nitrogens with two attached hydrogens (primary N) is 2. The maximum atomic E-state index is 11.5. The van der Waals surface area contributed by atoms with E-state index in [2.05, 4.69) is 31.0 Å². The number of piperidine rings is 1. The third kappa shape index (κ3) is 3.56.